The van der Waals surface area contributed by atoms with Crippen molar-refractivity contribution >= 4 is 11.4 Å². The Balaban J connectivity index is 2.65. The Morgan fingerprint density at radius 2 is 1.92 bits per heavy atom. The summed E-state index contributed by atoms with van der Waals surface area (Å²) >= 11 is 0. The minimum atomic E-state index is 1.01. The van der Waals surface area contributed by atoms with Crippen molar-refractivity contribution in [3.63, 3.8) is 0 Å². The van der Waals surface area contributed by atoms with Crippen molar-refractivity contribution < 1.29 is 4.57 Å². The number of pyridine rings is 1. The largest absolute Gasteiger partial charge is 0.278 e. The van der Waals surface area contributed by atoms with Gasteiger partial charge in [0.1, 0.15) is 7.05 Å². The molecule has 0 aromatic carbocycles. The van der Waals surface area contributed by atoms with Crippen LogP contribution in [0.2, 0.25) is 0 Å². The average Bonchev–Trinajstić information content (AvgIpc) is 2.03. The molecule has 1 heterocycles. The van der Waals surface area contributed by atoms with Crippen molar-refractivity contribution in [2.75, 3.05) is 5.43 Å². The third kappa shape index (κ3) is 2.70. The predicted molar refractivity (Wildman–Crippen MR) is 50.0 cm³/mol. The van der Waals surface area contributed by atoms with Crippen molar-refractivity contribution in [1.82, 2.24) is 0 Å². The Labute approximate surface area is 72.7 Å². The van der Waals surface area contributed by atoms with Gasteiger partial charge in [-0.3, -0.25) is 5.43 Å². The molecule has 0 bridgehead atoms. The second kappa shape index (κ2) is 3.85. The Morgan fingerprint density at radius 3 is 2.42 bits per heavy atom. The molecule has 1 N–H and O–H groups in total. The SMILES string of the molecule is CC(C)=NNc1cc[n+](C)cc1. The fourth-order valence-corrected chi connectivity index (χ4v) is 0.752. The Morgan fingerprint density at radius 1 is 1.33 bits per heavy atom. The Kier molecular flexibility index (Phi) is 2.80. The minimum absolute atomic E-state index is 1.01. The molecule has 3 nitrogen and oxygen atoms in total. The number of nitrogens with one attached hydrogen (secondary N) is 1. The predicted octanol–water partition coefficient (Wildman–Crippen LogP) is 1.32. The van der Waals surface area contributed by atoms with Crippen LogP contribution in [-0.2, 0) is 7.05 Å². The first-order valence-electron chi connectivity index (χ1n) is 3.90. The normalized spacial score (nSPS) is 9.25. The van der Waals surface area contributed by atoms with Gasteiger partial charge in [0.05, 0.1) is 5.69 Å². The molecule has 0 unspecified atom stereocenters. The van der Waals surface area contributed by atoms with Crippen molar-refractivity contribution in [2.45, 2.75) is 13.8 Å². The number of anilines is 1. The molecule has 0 amide bonds. The minimum Gasteiger partial charge on any atom is -0.278 e. The second-order valence-corrected chi connectivity index (χ2v) is 2.92. The van der Waals surface area contributed by atoms with Crippen molar-refractivity contribution in [1.29, 1.82) is 0 Å². The third-order valence-corrected chi connectivity index (χ3v) is 1.39. The molecule has 12 heavy (non-hydrogen) atoms. The fraction of sp³-hybridized carbons (Fsp3) is 0.333. The molecular formula is C9H14N3+. The van der Waals surface area contributed by atoms with Crippen LogP contribution in [-0.4, -0.2) is 5.71 Å². The average molecular weight is 164 g/mol. The monoisotopic (exact) mass is 164 g/mol. The van der Waals surface area contributed by atoms with Gasteiger partial charge in [-0.05, 0) is 13.8 Å². The van der Waals surface area contributed by atoms with E-state index < -0.39 is 0 Å². The van der Waals surface area contributed by atoms with E-state index in [4.69, 9.17) is 0 Å². The van der Waals surface area contributed by atoms with Crippen LogP contribution in [0.15, 0.2) is 29.6 Å². The summed E-state index contributed by atoms with van der Waals surface area (Å²) in [6.07, 6.45) is 3.95. The molecule has 0 saturated carbocycles. The van der Waals surface area contributed by atoms with Crippen LogP contribution in [0, 0.1) is 0 Å². The van der Waals surface area contributed by atoms with Gasteiger partial charge in [0.15, 0.2) is 12.4 Å². The van der Waals surface area contributed by atoms with E-state index in [1.165, 1.54) is 0 Å². The van der Waals surface area contributed by atoms with Crippen LogP contribution in [0.1, 0.15) is 13.8 Å². The molecule has 0 radical (unpaired) electrons. The number of rotatable bonds is 2. The maximum atomic E-state index is 4.08. The van der Waals surface area contributed by atoms with E-state index >= 15 is 0 Å². The molecule has 1 rings (SSSR count). The molecule has 3 heteroatoms. The standard InChI is InChI=1S/C9H13N3/c1-8(2)10-11-9-4-6-12(3)7-5-9/h4-7H,1-3H3/p+1. The summed E-state index contributed by atoms with van der Waals surface area (Å²) in [5.41, 5.74) is 4.97. The molecule has 0 aliphatic heterocycles. The maximum Gasteiger partial charge on any atom is 0.170 e. The molecule has 0 spiro atoms. The first-order chi connectivity index (χ1) is 5.68. The van der Waals surface area contributed by atoms with Gasteiger partial charge >= 0.3 is 0 Å². The van der Waals surface area contributed by atoms with Gasteiger partial charge in [-0.25, -0.2) is 4.57 Å². The van der Waals surface area contributed by atoms with Crippen LogP contribution < -0.4 is 9.99 Å². The van der Waals surface area contributed by atoms with E-state index in [0.29, 0.717) is 0 Å². The van der Waals surface area contributed by atoms with E-state index in [1.807, 2.05) is 50.0 Å². The summed E-state index contributed by atoms with van der Waals surface area (Å²) in [5.74, 6) is 0. The molecule has 0 aliphatic rings. The molecular weight excluding hydrogens is 150 g/mol. The van der Waals surface area contributed by atoms with E-state index in [9.17, 15) is 0 Å². The molecule has 0 fully saturated rings. The molecule has 1 aromatic rings. The first kappa shape index (κ1) is 8.71. The number of hydrogen-bond donors (Lipinski definition) is 1. The highest BCUT2D eigenvalue weighted by atomic mass is 15.3. The van der Waals surface area contributed by atoms with Gasteiger partial charge in [-0.2, -0.15) is 5.10 Å². The summed E-state index contributed by atoms with van der Waals surface area (Å²) in [7, 11) is 1.98. The smallest absolute Gasteiger partial charge is 0.170 e. The van der Waals surface area contributed by atoms with Gasteiger partial charge in [0.2, 0.25) is 0 Å². The zero-order chi connectivity index (χ0) is 8.97. The van der Waals surface area contributed by atoms with E-state index in [1.54, 1.807) is 0 Å². The van der Waals surface area contributed by atoms with Gasteiger partial charge in [-0.15, -0.1) is 0 Å². The van der Waals surface area contributed by atoms with E-state index in [-0.39, 0.29) is 0 Å². The third-order valence-electron chi connectivity index (χ3n) is 1.39. The lowest BCUT2D eigenvalue weighted by atomic mass is 10.4. The summed E-state index contributed by atoms with van der Waals surface area (Å²) in [6, 6.07) is 3.96. The highest BCUT2D eigenvalue weighted by Gasteiger charge is 1.92. The summed E-state index contributed by atoms with van der Waals surface area (Å²) in [6.45, 7) is 3.91. The lowest BCUT2D eigenvalue weighted by Gasteiger charge is -1.97. The molecule has 0 saturated heterocycles. The van der Waals surface area contributed by atoms with Crippen molar-refractivity contribution in [3.8, 4) is 0 Å². The molecule has 64 valence electrons. The lowest BCUT2D eigenvalue weighted by Crippen LogP contribution is -2.25. The first-order valence-corrected chi connectivity index (χ1v) is 3.90. The highest BCUT2D eigenvalue weighted by Crippen LogP contribution is 2.01. The number of aromatic nitrogens is 1. The second-order valence-electron chi connectivity index (χ2n) is 2.92. The van der Waals surface area contributed by atoms with Gasteiger partial charge in [0.25, 0.3) is 0 Å². The molecule has 0 aliphatic carbocycles. The number of hydrogen-bond acceptors (Lipinski definition) is 2. The van der Waals surface area contributed by atoms with Crippen LogP contribution in [0.4, 0.5) is 5.69 Å². The highest BCUT2D eigenvalue weighted by molar-refractivity contribution is 5.79. The fourth-order valence-electron chi connectivity index (χ4n) is 0.752. The van der Waals surface area contributed by atoms with Crippen LogP contribution in [0.3, 0.4) is 0 Å². The number of aryl methyl sites for hydroxylation is 1. The van der Waals surface area contributed by atoms with Gasteiger partial charge in [0, 0.05) is 17.8 Å². The van der Waals surface area contributed by atoms with E-state index in [0.717, 1.165) is 11.4 Å². The summed E-state index contributed by atoms with van der Waals surface area (Å²) in [5, 5.41) is 4.08. The Bertz CT molecular complexity index is 270. The number of nitrogens with zero attached hydrogens (tertiary/aromatic N) is 2. The van der Waals surface area contributed by atoms with E-state index in [2.05, 4.69) is 10.5 Å². The zero-order valence-electron chi connectivity index (χ0n) is 7.70. The van der Waals surface area contributed by atoms with Crippen molar-refractivity contribution in [2.24, 2.45) is 12.1 Å². The van der Waals surface area contributed by atoms with Crippen LogP contribution in [0.25, 0.3) is 0 Å². The quantitative estimate of drug-likeness (QED) is 0.398. The summed E-state index contributed by atoms with van der Waals surface area (Å²) < 4.78 is 1.98. The lowest BCUT2D eigenvalue weighted by molar-refractivity contribution is -0.671. The van der Waals surface area contributed by atoms with Crippen molar-refractivity contribution in [3.05, 3.63) is 24.5 Å². The summed E-state index contributed by atoms with van der Waals surface area (Å²) in [4.78, 5) is 0. The molecule has 1 aromatic heterocycles. The number of hydrazone groups is 1. The van der Waals surface area contributed by atoms with Crippen LogP contribution >= 0.6 is 0 Å². The van der Waals surface area contributed by atoms with Gasteiger partial charge in [-0.1, -0.05) is 0 Å². The Hall–Kier alpha value is -1.38. The molecule has 0 atom stereocenters. The van der Waals surface area contributed by atoms with Crippen LogP contribution in [0.5, 0.6) is 0 Å². The van der Waals surface area contributed by atoms with Gasteiger partial charge < -0.3 is 0 Å². The zero-order valence-corrected chi connectivity index (χ0v) is 7.70. The topological polar surface area (TPSA) is 28.3 Å². The maximum absolute atomic E-state index is 4.08.